The fourth-order valence-electron chi connectivity index (χ4n) is 10.6. The number of hydrogen-bond acceptors (Lipinski definition) is 18. The lowest BCUT2D eigenvalue weighted by atomic mass is 10.0. The molecule has 1 aromatic heterocycles. The summed E-state index contributed by atoms with van der Waals surface area (Å²) < 4.78 is 0. The van der Waals surface area contributed by atoms with E-state index in [4.69, 9.17) is 16.9 Å². The zero-order chi connectivity index (χ0) is 74.1. The lowest BCUT2D eigenvalue weighted by molar-refractivity contribution is -0.147. The summed E-state index contributed by atoms with van der Waals surface area (Å²) >= 11 is 0.788. The van der Waals surface area contributed by atoms with Gasteiger partial charge in [0.2, 0.25) is 76.8 Å². The zero-order valence-electron chi connectivity index (χ0n) is 56.5. The van der Waals surface area contributed by atoms with Crippen LogP contribution in [0.4, 0.5) is 0 Å². The van der Waals surface area contributed by atoms with Crippen molar-refractivity contribution in [2.75, 3.05) is 72.5 Å². The first kappa shape index (κ1) is 79.8. The van der Waals surface area contributed by atoms with Crippen LogP contribution >= 0.6 is 11.8 Å². The van der Waals surface area contributed by atoms with Crippen LogP contribution in [-0.4, -0.2) is 255 Å². The summed E-state index contributed by atoms with van der Waals surface area (Å²) in [5.41, 5.74) is 13.0. The van der Waals surface area contributed by atoms with Crippen molar-refractivity contribution in [3.05, 3.63) is 102 Å². The molecular formula is C65H89N17O17S. The number of nitrogens with one attached hydrogen (secondary N) is 11. The summed E-state index contributed by atoms with van der Waals surface area (Å²) in [5, 5.41) is 61.3. The van der Waals surface area contributed by atoms with E-state index in [2.05, 4.69) is 52.8 Å². The number of guanidine groups is 1. The second-order valence-electron chi connectivity index (χ2n) is 24.3. The lowest BCUT2D eigenvalue weighted by Gasteiger charge is -2.33. The molecule has 13 amide bonds. The summed E-state index contributed by atoms with van der Waals surface area (Å²) in [6.45, 7) is 0.927. The normalized spacial score (nSPS) is 22.6. The molecule has 542 valence electrons. The van der Waals surface area contributed by atoms with Gasteiger partial charge in [0.25, 0.3) is 0 Å². The number of amides is 13. The molecule has 9 atom stereocenters. The first-order chi connectivity index (χ1) is 47.3. The number of aliphatic hydroxyl groups excluding tert-OH is 1. The Kier molecular flexibility index (Phi) is 30.6. The molecule has 5 rings (SSSR count). The lowest BCUT2D eigenvalue weighted by Crippen LogP contribution is -2.61. The minimum absolute atomic E-state index is 0.0326. The van der Waals surface area contributed by atoms with E-state index in [1.807, 2.05) is 0 Å². The number of H-pyrrole nitrogens is 1. The van der Waals surface area contributed by atoms with Crippen molar-refractivity contribution in [3.8, 4) is 5.75 Å². The van der Waals surface area contributed by atoms with Gasteiger partial charge in [-0.05, 0) is 60.6 Å². The number of likely N-dealkylation sites (N-methyl/N-ethyl adjacent to an activating group) is 4. The largest absolute Gasteiger partial charge is 0.508 e. The third-order valence-electron chi connectivity index (χ3n) is 16.4. The second kappa shape index (κ2) is 38.3. The van der Waals surface area contributed by atoms with E-state index in [9.17, 15) is 82.4 Å². The van der Waals surface area contributed by atoms with Crippen molar-refractivity contribution >= 4 is 111 Å². The quantitative estimate of drug-likeness (QED) is 0.0270. The highest BCUT2D eigenvalue weighted by atomic mass is 32.2. The number of benzene rings is 3. The van der Waals surface area contributed by atoms with E-state index in [1.54, 1.807) is 60.8 Å². The minimum atomic E-state index is -1.91. The predicted molar refractivity (Wildman–Crippen MR) is 364 cm³/mol. The van der Waals surface area contributed by atoms with Gasteiger partial charge in [-0.15, -0.1) is 11.8 Å². The van der Waals surface area contributed by atoms with Gasteiger partial charge in [0, 0.05) is 76.9 Å². The summed E-state index contributed by atoms with van der Waals surface area (Å²) in [6.07, 6.45) is -0.134. The number of aliphatic hydroxyl groups is 1. The highest BCUT2D eigenvalue weighted by molar-refractivity contribution is 8.00. The SMILES string of the molecule is CC(C)C1NC(=O)[C@H](CC(=O)O)NC(=O)[C@H](C)N(C)C(=O)[C@@H](Cc2c[nH]c3ccccc23)NC(=O)CSC[C@@H](C(=O)NCC(N)=O)NC(=O)[C@H](Cc2ccc(O)cc2)NC(=O)CN(C)C(=O)[C@H](Cc2ccccc2)N(C)C(=O)[C@H](CCCNC(=N)N)NC(=O)CNC(=O)[C@H](CO)N(C)C1=O. The number of thioether (sulfide) groups is 1. The van der Waals surface area contributed by atoms with Gasteiger partial charge in [0.05, 0.1) is 38.4 Å². The predicted octanol–water partition coefficient (Wildman–Crippen LogP) is -4.38. The first-order valence-electron chi connectivity index (χ1n) is 31.8. The van der Waals surface area contributed by atoms with Crippen molar-refractivity contribution in [3.63, 3.8) is 0 Å². The van der Waals surface area contributed by atoms with Crippen LogP contribution in [0.5, 0.6) is 5.75 Å². The Hall–Kier alpha value is -10.8. The number of aromatic amines is 1. The molecule has 34 nitrogen and oxygen atoms in total. The second-order valence-corrected chi connectivity index (χ2v) is 25.3. The fraction of sp³-hybridized carbons (Fsp3) is 0.462. The molecule has 18 N–H and O–H groups in total. The molecule has 2 heterocycles. The Bertz CT molecular complexity index is 3620. The molecule has 100 heavy (non-hydrogen) atoms. The van der Waals surface area contributed by atoms with Gasteiger partial charge in [0.15, 0.2) is 5.96 Å². The van der Waals surface area contributed by atoms with E-state index >= 15 is 0 Å². The number of carboxylic acids is 1. The number of aromatic hydroxyl groups is 1. The van der Waals surface area contributed by atoms with Crippen LogP contribution < -0.4 is 59.3 Å². The van der Waals surface area contributed by atoms with Crippen LogP contribution in [0, 0.1) is 11.3 Å². The summed E-state index contributed by atoms with van der Waals surface area (Å²) in [6, 6.07) is 6.85. The number of phenolic OH excluding ortho intramolecular Hbond substituents is 1. The van der Waals surface area contributed by atoms with Gasteiger partial charge >= 0.3 is 5.97 Å². The molecule has 4 aromatic rings. The van der Waals surface area contributed by atoms with Gasteiger partial charge in [-0.25, -0.2) is 0 Å². The van der Waals surface area contributed by atoms with Crippen LogP contribution in [0.2, 0.25) is 0 Å². The number of nitrogens with two attached hydrogens (primary N) is 2. The smallest absolute Gasteiger partial charge is 0.305 e. The van der Waals surface area contributed by atoms with E-state index in [1.165, 1.54) is 66.2 Å². The number of primary amides is 1. The van der Waals surface area contributed by atoms with Crippen LogP contribution in [0.25, 0.3) is 10.9 Å². The summed E-state index contributed by atoms with van der Waals surface area (Å²) in [5.74, 6) is -16.3. The number of rotatable bonds is 17. The van der Waals surface area contributed by atoms with Crippen molar-refractivity contribution in [2.24, 2.45) is 17.4 Å². The number of phenols is 1. The molecule has 1 aliphatic rings. The van der Waals surface area contributed by atoms with Crippen molar-refractivity contribution in [1.82, 2.24) is 72.4 Å². The molecule has 1 unspecified atom stereocenters. The summed E-state index contributed by atoms with van der Waals surface area (Å²) in [4.78, 5) is 202. The van der Waals surface area contributed by atoms with Gasteiger partial charge in [-0.2, -0.15) is 0 Å². The number of fused-ring (bicyclic) bond motifs is 1. The van der Waals surface area contributed by atoms with Crippen molar-refractivity contribution < 1.29 is 82.4 Å². The molecule has 0 saturated carbocycles. The average molecular weight is 1410 g/mol. The zero-order valence-corrected chi connectivity index (χ0v) is 57.3. The molecule has 3 aromatic carbocycles. The van der Waals surface area contributed by atoms with Gasteiger partial charge in [-0.3, -0.25) is 72.5 Å². The molecule has 0 aliphatic carbocycles. The highest BCUT2D eigenvalue weighted by Crippen LogP contribution is 2.22. The van der Waals surface area contributed by atoms with E-state index in [0.29, 0.717) is 27.6 Å². The third-order valence-corrected chi connectivity index (χ3v) is 17.4. The molecular weight excluding hydrogens is 1320 g/mol. The maximum Gasteiger partial charge on any atom is 0.305 e. The maximum absolute atomic E-state index is 14.8. The Morgan fingerprint density at radius 3 is 1.90 bits per heavy atom. The third kappa shape index (κ3) is 24.0. The number of aliphatic carboxylic acids is 1. The number of carbonyl (C=O) groups excluding carboxylic acids is 13. The van der Waals surface area contributed by atoms with Gasteiger partial charge in [-0.1, -0.05) is 74.5 Å². The number of hydrogen-bond donors (Lipinski definition) is 16. The van der Waals surface area contributed by atoms with Crippen molar-refractivity contribution in [1.29, 1.82) is 5.41 Å². The first-order valence-corrected chi connectivity index (χ1v) is 33.0. The standard InChI is InChI=1S/C65H89N17O17S/c1-35(2)55-64(99)82(7)49(32-83)60(95)72-30-51(86)73-43(18-13-23-69-65(67)68)61(96)81(6)48(25-37-14-9-8-10-15-37)63(98)79(4)31-52(87)74-44(24-38-19-21-40(84)22-20-38)58(93)77-47(57(92)71-29-50(66)85)33-100-34-53(88)75-46(26-39-28-70-42-17-12-11-16-41(39)42)62(97)80(5)36(3)56(91)76-45(27-54(89)90)59(94)78-55/h8-12,14-17,19-22,28,35-36,43-49,55,70,83-84H,13,18,23-27,29-34H2,1-7H3,(H2,66,85)(H,71,92)(H,72,95)(H,73,86)(H,74,87)(H,75,88)(H,76,91)(H,77,93)(H,78,94)(H,89,90)(H4,67,68,69)/t36-,43-,44-,45-,46+,47-,48-,49-,55?/m0/s1. The average Bonchev–Trinajstić information content (AvgIpc) is 1.50. The molecule has 1 fully saturated rings. The fourth-order valence-corrected chi connectivity index (χ4v) is 11.5. The van der Waals surface area contributed by atoms with Crippen LogP contribution in [0.3, 0.4) is 0 Å². The number of carbonyl (C=O) groups is 14. The Morgan fingerprint density at radius 2 is 1.26 bits per heavy atom. The highest BCUT2D eigenvalue weighted by Gasteiger charge is 2.40. The number of nitrogens with zero attached hydrogens (tertiary/aromatic N) is 4. The van der Waals surface area contributed by atoms with E-state index in [0.717, 1.165) is 38.4 Å². The number of para-hydroxylation sites is 1. The van der Waals surface area contributed by atoms with Crippen LogP contribution in [0.1, 0.15) is 56.7 Å². The van der Waals surface area contributed by atoms with Crippen molar-refractivity contribution in [2.45, 2.75) is 114 Å². The molecule has 0 radical (unpaired) electrons. The van der Waals surface area contributed by atoms with E-state index in [-0.39, 0.29) is 44.4 Å². The number of carboxylic acid groups (broad SMARTS) is 1. The molecule has 35 heteroatoms. The van der Waals surface area contributed by atoms with Crippen LogP contribution in [0.15, 0.2) is 85.1 Å². The molecule has 1 saturated heterocycles. The van der Waals surface area contributed by atoms with Crippen LogP contribution in [-0.2, 0) is 86.4 Å². The Labute approximate surface area is 580 Å². The Morgan fingerprint density at radius 1 is 0.650 bits per heavy atom. The number of aromatic nitrogens is 1. The maximum atomic E-state index is 14.8. The molecule has 0 spiro atoms. The Balaban J connectivity index is 1.57. The monoisotopic (exact) mass is 1410 g/mol. The molecule has 1 aliphatic heterocycles. The van der Waals surface area contributed by atoms with Gasteiger partial charge in [0.1, 0.15) is 60.1 Å². The molecule has 0 bridgehead atoms. The minimum Gasteiger partial charge on any atom is -0.508 e. The van der Waals surface area contributed by atoms with Gasteiger partial charge < -0.3 is 99.2 Å². The van der Waals surface area contributed by atoms with E-state index < -0.39 is 193 Å². The summed E-state index contributed by atoms with van der Waals surface area (Å²) in [7, 11) is 4.86. The topological polar surface area (TPSA) is 513 Å².